The first-order valence-corrected chi connectivity index (χ1v) is 10.5. The third kappa shape index (κ3) is 4.96. The van der Waals surface area contributed by atoms with Gasteiger partial charge in [-0.25, -0.2) is 15.0 Å². The maximum atomic E-state index is 12.3. The van der Waals surface area contributed by atoms with Crippen LogP contribution in [0.3, 0.4) is 0 Å². The molecule has 1 aliphatic rings. The van der Waals surface area contributed by atoms with Gasteiger partial charge in [-0.05, 0) is 19.0 Å². The molecule has 29 heavy (non-hydrogen) atoms. The van der Waals surface area contributed by atoms with Gasteiger partial charge in [0.2, 0.25) is 5.95 Å². The van der Waals surface area contributed by atoms with E-state index in [0.29, 0.717) is 12.2 Å². The highest BCUT2D eigenvalue weighted by Gasteiger charge is 2.18. The van der Waals surface area contributed by atoms with E-state index >= 15 is 0 Å². The molecular weight excluding hydrogens is 388 g/mol. The molecule has 0 aromatic carbocycles. The van der Waals surface area contributed by atoms with E-state index in [4.69, 9.17) is 0 Å². The van der Waals surface area contributed by atoms with Gasteiger partial charge < -0.3 is 10.2 Å². The van der Waals surface area contributed by atoms with Crippen molar-refractivity contribution in [3.05, 3.63) is 41.9 Å². The molecule has 0 unspecified atom stereocenters. The van der Waals surface area contributed by atoms with Gasteiger partial charge in [0.1, 0.15) is 10.7 Å². The van der Waals surface area contributed by atoms with Crippen LogP contribution in [0.25, 0.3) is 10.6 Å². The highest BCUT2D eigenvalue weighted by Crippen LogP contribution is 2.22. The van der Waals surface area contributed by atoms with Gasteiger partial charge in [0, 0.05) is 69.3 Å². The SMILES string of the molecule is Cn1cc(-c2nc(C(=O)NCCCN3CCN(c4ncccn4)CC3)cs2)cn1. The lowest BCUT2D eigenvalue weighted by Crippen LogP contribution is -2.47. The Morgan fingerprint density at radius 3 is 2.72 bits per heavy atom. The van der Waals surface area contributed by atoms with Crippen molar-refractivity contribution in [1.82, 2.24) is 34.9 Å². The highest BCUT2D eigenvalue weighted by atomic mass is 32.1. The monoisotopic (exact) mass is 412 g/mol. The molecule has 0 aliphatic carbocycles. The Hall–Kier alpha value is -2.85. The molecule has 0 bridgehead atoms. The standard InChI is InChI=1S/C19H24N8OS/c1-25-13-15(12-23-25)18-24-16(14-29-18)17(28)20-6-3-7-26-8-10-27(11-9-26)19-21-4-2-5-22-19/h2,4-5,12-14H,3,6-11H2,1H3,(H,20,28). The molecule has 10 heteroatoms. The first kappa shape index (κ1) is 19.5. The predicted octanol–water partition coefficient (Wildman–Crippen LogP) is 1.28. The number of piperazine rings is 1. The summed E-state index contributed by atoms with van der Waals surface area (Å²) in [4.78, 5) is 30.0. The molecule has 1 N–H and O–H groups in total. The second-order valence-electron chi connectivity index (χ2n) is 6.93. The number of amides is 1. The molecule has 1 amide bonds. The number of aromatic nitrogens is 5. The Bertz CT molecular complexity index is 933. The number of nitrogens with one attached hydrogen (secondary N) is 1. The Kier molecular flexibility index (Phi) is 6.11. The molecule has 1 aliphatic heterocycles. The van der Waals surface area contributed by atoms with E-state index < -0.39 is 0 Å². The Morgan fingerprint density at radius 2 is 2.00 bits per heavy atom. The summed E-state index contributed by atoms with van der Waals surface area (Å²) in [5, 5.41) is 9.72. The lowest BCUT2D eigenvalue weighted by Gasteiger charge is -2.34. The van der Waals surface area contributed by atoms with Gasteiger partial charge in [0.05, 0.1) is 6.20 Å². The minimum Gasteiger partial charge on any atom is -0.351 e. The van der Waals surface area contributed by atoms with E-state index in [-0.39, 0.29) is 5.91 Å². The summed E-state index contributed by atoms with van der Waals surface area (Å²) in [6.45, 7) is 5.40. The van der Waals surface area contributed by atoms with Crippen LogP contribution in [0.4, 0.5) is 5.95 Å². The molecule has 4 rings (SSSR count). The first-order valence-electron chi connectivity index (χ1n) is 9.66. The van der Waals surface area contributed by atoms with Crippen molar-refractivity contribution in [3.63, 3.8) is 0 Å². The third-order valence-corrected chi connectivity index (χ3v) is 5.72. The van der Waals surface area contributed by atoms with E-state index in [1.807, 2.05) is 19.3 Å². The van der Waals surface area contributed by atoms with Crippen molar-refractivity contribution in [2.75, 3.05) is 44.2 Å². The van der Waals surface area contributed by atoms with Crippen LogP contribution in [0.5, 0.6) is 0 Å². The molecule has 9 nitrogen and oxygen atoms in total. The van der Waals surface area contributed by atoms with Crippen LogP contribution < -0.4 is 10.2 Å². The van der Waals surface area contributed by atoms with Crippen molar-refractivity contribution in [2.45, 2.75) is 6.42 Å². The molecule has 3 aromatic rings. The average Bonchev–Trinajstić information content (AvgIpc) is 3.41. The summed E-state index contributed by atoms with van der Waals surface area (Å²) < 4.78 is 1.73. The molecule has 1 fully saturated rings. The summed E-state index contributed by atoms with van der Waals surface area (Å²) in [5.41, 5.74) is 1.39. The Labute approximate surface area is 173 Å². The molecule has 0 spiro atoms. The smallest absolute Gasteiger partial charge is 0.270 e. The fourth-order valence-corrected chi connectivity index (χ4v) is 4.04. The Balaban J connectivity index is 1.17. The first-order chi connectivity index (χ1) is 14.2. The minimum absolute atomic E-state index is 0.123. The van der Waals surface area contributed by atoms with E-state index in [1.54, 1.807) is 28.7 Å². The van der Waals surface area contributed by atoms with Gasteiger partial charge in [0.25, 0.3) is 5.91 Å². The van der Waals surface area contributed by atoms with E-state index in [1.165, 1.54) is 11.3 Å². The summed E-state index contributed by atoms with van der Waals surface area (Å²) in [6.07, 6.45) is 8.11. The van der Waals surface area contributed by atoms with Gasteiger partial charge in [0.15, 0.2) is 0 Å². The van der Waals surface area contributed by atoms with Gasteiger partial charge in [-0.2, -0.15) is 5.10 Å². The molecule has 3 aromatic heterocycles. The molecule has 4 heterocycles. The number of rotatable bonds is 7. The quantitative estimate of drug-likeness (QED) is 0.584. The number of thiazole rings is 1. The van der Waals surface area contributed by atoms with Crippen LogP contribution in [0.15, 0.2) is 36.2 Å². The minimum atomic E-state index is -0.123. The summed E-state index contributed by atoms with van der Waals surface area (Å²) >= 11 is 1.46. The van der Waals surface area contributed by atoms with Gasteiger partial charge in [-0.1, -0.05) is 0 Å². The Morgan fingerprint density at radius 1 is 1.21 bits per heavy atom. The summed E-state index contributed by atoms with van der Waals surface area (Å²) in [6, 6.07) is 1.83. The summed E-state index contributed by atoms with van der Waals surface area (Å²) in [7, 11) is 1.86. The maximum absolute atomic E-state index is 12.3. The average molecular weight is 413 g/mol. The van der Waals surface area contributed by atoms with Gasteiger partial charge >= 0.3 is 0 Å². The van der Waals surface area contributed by atoms with Crippen molar-refractivity contribution in [3.8, 4) is 10.6 Å². The fourth-order valence-electron chi connectivity index (χ4n) is 3.26. The zero-order chi connectivity index (χ0) is 20.1. The van der Waals surface area contributed by atoms with Crippen LogP contribution in [0.1, 0.15) is 16.9 Å². The van der Waals surface area contributed by atoms with Crippen LogP contribution >= 0.6 is 11.3 Å². The lowest BCUT2D eigenvalue weighted by atomic mass is 10.3. The van der Waals surface area contributed by atoms with Crippen LogP contribution in [-0.2, 0) is 7.05 Å². The van der Waals surface area contributed by atoms with Gasteiger partial charge in [-0.3, -0.25) is 14.4 Å². The zero-order valence-corrected chi connectivity index (χ0v) is 17.2. The van der Waals surface area contributed by atoms with Crippen LogP contribution in [0, 0.1) is 0 Å². The molecule has 0 atom stereocenters. The van der Waals surface area contributed by atoms with E-state index in [9.17, 15) is 4.79 Å². The number of carbonyl (C=O) groups is 1. The van der Waals surface area contributed by atoms with Gasteiger partial charge in [-0.15, -0.1) is 11.3 Å². The summed E-state index contributed by atoms with van der Waals surface area (Å²) in [5.74, 6) is 0.677. The second-order valence-corrected chi connectivity index (χ2v) is 7.79. The number of hydrogen-bond acceptors (Lipinski definition) is 8. The number of carbonyl (C=O) groups excluding carboxylic acids is 1. The largest absolute Gasteiger partial charge is 0.351 e. The normalized spacial score (nSPS) is 14.9. The molecular formula is C19H24N8OS. The highest BCUT2D eigenvalue weighted by molar-refractivity contribution is 7.13. The number of anilines is 1. The molecule has 0 radical (unpaired) electrons. The second kappa shape index (κ2) is 9.10. The number of aryl methyl sites for hydroxylation is 1. The fraction of sp³-hybridized carbons (Fsp3) is 0.421. The molecule has 152 valence electrons. The van der Waals surface area contributed by atoms with E-state index in [0.717, 1.165) is 55.7 Å². The predicted molar refractivity (Wildman–Crippen MR) is 112 cm³/mol. The maximum Gasteiger partial charge on any atom is 0.270 e. The number of hydrogen-bond donors (Lipinski definition) is 1. The van der Waals surface area contributed by atoms with Crippen molar-refractivity contribution in [1.29, 1.82) is 0 Å². The van der Waals surface area contributed by atoms with E-state index in [2.05, 4.69) is 35.2 Å². The van der Waals surface area contributed by atoms with Crippen molar-refractivity contribution < 1.29 is 4.79 Å². The van der Waals surface area contributed by atoms with Crippen molar-refractivity contribution >= 4 is 23.2 Å². The third-order valence-electron chi connectivity index (χ3n) is 4.83. The van der Waals surface area contributed by atoms with Crippen molar-refractivity contribution in [2.24, 2.45) is 7.05 Å². The van der Waals surface area contributed by atoms with Crippen LogP contribution in [-0.4, -0.2) is 74.8 Å². The molecule has 0 saturated carbocycles. The topological polar surface area (TPSA) is 92.1 Å². The number of nitrogens with zero attached hydrogens (tertiary/aromatic N) is 7. The van der Waals surface area contributed by atoms with Crippen LogP contribution in [0.2, 0.25) is 0 Å². The zero-order valence-electron chi connectivity index (χ0n) is 16.4. The lowest BCUT2D eigenvalue weighted by molar-refractivity contribution is 0.0947. The molecule has 1 saturated heterocycles.